The molecule has 0 bridgehead atoms. The summed E-state index contributed by atoms with van der Waals surface area (Å²) in [5.74, 6) is 0.349. The van der Waals surface area contributed by atoms with Gasteiger partial charge in [0.15, 0.2) is 5.84 Å². The van der Waals surface area contributed by atoms with Crippen LogP contribution in [-0.4, -0.2) is 33.2 Å². The second kappa shape index (κ2) is 4.72. The van der Waals surface area contributed by atoms with Crippen molar-refractivity contribution in [3.05, 3.63) is 35.0 Å². The highest BCUT2D eigenvalue weighted by atomic mass is 32.1. The number of hydrazone groups is 1. The predicted octanol–water partition coefficient (Wildman–Crippen LogP) is 3.25. The van der Waals surface area contributed by atoms with Crippen LogP contribution >= 0.6 is 11.3 Å². The smallest absolute Gasteiger partial charge is 0.155 e. The summed E-state index contributed by atoms with van der Waals surface area (Å²) in [4.78, 5) is 4.49. The minimum absolute atomic E-state index is 0.152. The molecule has 3 rings (SSSR count). The second-order valence-corrected chi connectivity index (χ2v) is 5.79. The van der Waals surface area contributed by atoms with E-state index in [1.807, 2.05) is 38.1 Å². The molecular formula is C14H14N4OS. The van der Waals surface area contributed by atoms with Crippen molar-refractivity contribution in [3.63, 3.8) is 0 Å². The normalized spacial score (nSPS) is 15.3. The van der Waals surface area contributed by atoms with Gasteiger partial charge in [-0.3, -0.25) is 5.41 Å². The molecule has 0 spiro atoms. The first-order chi connectivity index (χ1) is 9.56. The maximum atomic E-state index is 10.1. The summed E-state index contributed by atoms with van der Waals surface area (Å²) >= 11 is 1.48. The Morgan fingerprint density at radius 1 is 1.40 bits per heavy atom. The number of aromatic nitrogens is 1. The third kappa shape index (κ3) is 2.08. The van der Waals surface area contributed by atoms with Gasteiger partial charge in [-0.25, -0.2) is 9.99 Å². The maximum absolute atomic E-state index is 10.1. The number of thiazole rings is 1. The molecule has 2 aromatic rings. The molecule has 0 saturated heterocycles. The zero-order valence-electron chi connectivity index (χ0n) is 11.2. The Morgan fingerprint density at radius 2 is 2.15 bits per heavy atom. The molecule has 0 aliphatic carbocycles. The number of hydrogen-bond donors (Lipinski definition) is 2. The van der Waals surface area contributed by atoms with Crippen LogP contribution in [0.5, 0.6) is 0 Å². The van der Waals surface area contributed by atoms with Crippen LogP contribution in [0.4, 0.5) is 0 Å². The molecule has 2 heterocycles. The van der Waals surface area contributed by atoms with E-state index in [1.165, 1.54) is 16.3 Å². The van der Waals surface area contributed by atoms with Gasteiger partial charge in [0, 0.05) is 5.71 Å². The fourth-order valence-electron chi connectivity index (χ4n) is 2.10. The molecule has 102 valence electrons. The molecule has 0 radical (unpaired) electrons. The Balaban J connectivity index is 2.03. The number of nitrogens with one attached hydrogen (secondary N) is 1. The highest BCUT2D eigenvalue weighted by Gasteiger charge is 2.30. The molecule has 5 nitrogen and oxygen atoms in total. The molecule has 1 aliphatic heterocycles. The Morgan fingerprint density at radius 3 is 2.85 bits per heavy atom. The Labute approximate surface area is 120 Å². The number of fused-ring (bicyclic) bond motifs is 1. The monoisotopic (exact) mass is 286 g/mol. The minimum Gasteiger partial charge on any atom is -0.509 e. The van der Waals surface area contributed by atoms with Crippen molar-refractivity contribution in [2.75, 3.05) is 6.54 Å². The molecule has 0 fully saturated rings. The highest BCUT2D eigenvalue weighted by molar-refractivity contribution is 7.19. The van der Waals surface area contributed by atoms with E-state index < -0.39 is 0 Å². The van der Waals surface area contributed by atoms with Crippen LogP contribution in [-0.2, 0) is 0 Å². The Kier molecular flexibility index (Phi) is 3.02. The Bertz CT molecular complexity index is 722. The van der Waals surface area contributed by atoms with E-state index in [-0.39, 0.29) is 18.1 Å². The van der Waals surface area contributed by atoms with Gasteiger partial charge in [-0.1, -0.05) is 12.1 Å². The standard InChI is InChI=1S/C14H14N4OS/c1-8(2)17-18-7-10(19)12(13(18)15)14-16-9-5-3-4-6-11(9)20-14/h3-6,15,19H,7H2,1-2H3. The summed E-state index contributed by atoms with van der Waals surface area (Å²) in [6, 6.07) is 7.79. The van der Waals surface area contributed by atoms with Gasteiger partial charge in [0.25, 0.3) is 0 Å². The van der Waals surface area contributed by atoms with Gasteiger partial charge in [0.1, 0.15) is 17.3 Å². The second-order valence-electron chi connectivity index (χ2n) is 4.76. The zero-order valence-corrected chi connectivity index (χ0v) is 12.0. The van der Waals surface area contributed by atoms with Gasteiger partial charge >= 0.3 is 0 Å². The SMILES string of the molecule is CC(C)=NN1CC(O)=C(c2nc3ccccc3s2)C1=N. The lowest BCUT2D eigenvalue weighted by molar-refractivity contribution is 0.357. The molecule has 0 unspecified atom stereocenters. The molecule has 1 aromatic carbocycles. The molecule has 20 heavy (non-hydrogen) atoms. The third-order valence-corrected chi connectivity index (χ3v) is 3.97. The van der Waals surface area contributed by atoms with E-state index in [0.717, 1.165) is 15.9 Å². The predicted molar refractivity (Wildman–Crippen MR) is 82.4 cm³/mol. The zero-order chi connectivity index (χ0) is 14.3. The molecule has 0 saturated carbocycles. The van der Waals surface area contributed by atoms with E-state index in [9.17, 15) is 5.11 Å². The first-order valence-corrected chi connectivity index (χ1v) is 7.04. The van der Waals surface area contributed by atoms with Crippen LogP contribution in [0.15, 0.2) is 35.1 Å². The van der Waals surface area contributed by atoms with Crippen molar-refractivity contribution < 1.29 is 5.11 Å². The van der Waals surface area contributed by atoms with Gasteiger partial charge in [-0.2, -0.15) is 5.10 Å². The lowest BCUT2D eigenvalue weighted by Crippen LogP contribution is -2.21. The number of aliphatic hydroxyl groups is 1. The molecule has 6 heteroatoms. The van der Waals surface area contributed by atoms with Gasteiger partial charge in [-0.15, -0.1) is 11.3 Å². The van der Waals surface area contributed by atoms with Crippen LogP contribution < -0.4 is 0 Å². The van der Waals surface area contributed by atoms with Crippen molar-refractivity contribution in [2.45, 2.75) is 13.8 Å². The largest absolute Gasteiger partial charge is 0.509 e. The van der Waals surface area contributed by atoms with Gasteiger partial charge in [-0.05, 0) is 26.0 Å². The first kappa shape index (κ1) is 12.8. The van der Waals surface area contributed by atoms with Crippen LogP contribution in [0.2, 0.25) is 0 Å². The fraction of sp³-hybridized carbons (Fsp3) is 0.214. The van der Waals surface area contributed by atoms with Crippen molar-refractivity contribution in [1.82, 2.24) is 9.99 Å². The number of hydrogen-bond acceptors (Lipinski definition) is 5. The first-order valence-electron chi connectivity index (χ1n) is 6.22. The lowest BCUT2D eigenvalue weighted by Gasteiger charge is -2.11. The van der Waals surface area contributed by atoms with Crippen molar-refractivity contribution in [1.29, 1.82) is 5.41 Å². The van der Waals surface area contributed by atoms with E-state index in [1.54, 1.807) is 0 Å². The average Bonchev–Trinajstić information content (AvgIpc) is 2.90. The van der Waals surface area contributed by atoms with Gasteiger partial charge in [0.05, 0.1) is 15.8 Å². The van der Waals surface area contributed by atoms with Crippen molar-refractivity contribution in [2.24, 2.45) is 5.10 Å². The number of aliphatic hydroxyl groups excluding tert-OH is 1. The average molecular weight is 286 g/mol. The van der Waals surface area contributed by atoms with E-state index in [4.69, 9.17) is 5.41 Å². The topological polar surface area (TPSA) is 72.6 Å². The number of nitrogens with zero attached hydrogens (tertiary/aromatic N) is 3. The number of benzene rings is 1. The molecule has 0 atom stereocenters. The maximum Gasteiger partial charge on any atom is 0.155 e. The summed E-state index contributed by atoms with van der Waals surface area (Å²) in [6.45, 7) is 3.95. The molecule has 1 aromatic heterocycles. The quantitative estimate of drug-likeness (QED) is 0.832. The summed E-state index contributed by atoms with van der Waals surface area (Å²) < 4.78 is 1.05. The Hall–Kier alpha value is -2.21. The van der Waals surface area contributed by atoms with Crippen LogP contribution in [0.3, 0.4) is 0 Å². The van der Waals surface area contributed by atoms with E-state index in [0.29, 0.717) is 10.6 Å². The van der Waals surface area contributed by atoms with Crippen molar-refractivity contribution >= 4 is 38.7 Å². The highest BCUT2D eigenvalue weighted by Crippen LogP contribution is 2.33. The molecule has 2 N–H and O–H groups in total. The van der Waals surface area contributed by atoms with Crippen LogP contribution in [0, 0.1) is 5.41 Å². The van der Waals surface area contributed by atoms with Gasteiger partial charge < -0.3 is 5.11 Å². The summed E-state index contributed by atoms with van der Waals surface area (Å²) in [6.07, 6.45) is 0. The molecular weight excluding hydrogens is 272 g/mol. The van der Waals surface area contributed by atoms with Gasteiger partial charge in [0.2, 0.25) is 0 Å². The molecule has 1 aliphatic rings. The number of amidine groups is 1. The minimum atomic E-state index is 0.152. The number of para-hydroxylation sites is 1. The summed E-state index contributed by atoms with van der Waals surface area (Å²) in [5.41, 5.74) is 2.21. The molecule has 0 amide bonds. The van der Waals surface area contributed by atoms with Crippen LogP contribution in [0.25, 0.3) is 15.8 Å². The number of rotatable bonds is 2. The lowest BCUT2D eigenvalue weighted by atomic mass is 10.2. The van der Waals surface area contributed by atoms with Crippen LogP contribution in [0.1, 0.15) is 18.9 Å². The van der Waals surface area contributed by atoms with E-state index in [2.05, 4.69) is 10.1 Å². The van der Waals surface area contributed by atoms with Crippen molar-refractivity contribution in [3.8, 4) is 0 Å². The summed E-state index contributed by atoms with van der Waals surface area (Å²) in [7, 11) is 0. The summed E-state index contributed by atoms with van der Waals surface area (Å²) in [5, 5.41) is 24.7. The fourth-order valence-corrected chi connectivity index (χ4v) is 3.13. The van der Waals surface area contributed by atoms with E-state index >= 15 is 0 Å². The third-order valence-electron chi connectivity index (χ3n) is 2.91.